The van der Waals surface area contributed by atoms with Crippen molar-refractivity contribution in [2.75, 3.05) is 26.2 Å². The van der Waals surface area contributed by atoms with Crippen LogP contribution in [0.15, 0.2) is 30.3 Å². The Morgan fingerprint density at radius 3 is 2.61 bits per heavy atom. The number of carbonyl (C=O) groups excluding carboxylic acids is 2. The van der Waals surface area contributed by atoms with Gasteiger partial charge in [0.05, 0.1) is 0 Å². The standard InChI is InChI=1S/C19H28N2O2/c1-16-7-6-12-21(15-16)19(23)11-14-20(17(2)22)13-10-18-8-4-3-5-9-18/h3-5,8-9,16H,6-7,10-15H2,1-2H3. The van der Waals surface area contributed by atoms with E-state index in [0.717, 1.165) is 25.9 Å². The molecule has 1 saturated heterocycles. The Balaban J connectivity index is 1.80. The van der Waals surface area contributed by atoms with Gasteiger partial charge in [-0.15, -0.1) is 0 Å². The molecular weight excluding hydrogens is 288 g/mol. The van der Waals surface area contributed by atoms with Gasteiger partial charge in [0.1, 0.15) is 0 Å². The SMILES string of the molecule is CC(=O)N(CCC(=O)N1CCCC(C)C1)CCc1ccccc1. The number of benzene rings is 1. The summed E-state index contributed by atoms with van der Waals surface area (Å²) in [5.41, 5.74) is 1.22. The second-order valence-corrected chi connectivity index (χ2v) is 6.58. The lowest BCUT2D eigenvalue weighted by Crippen LogP contribution is -2.41. The van der Waals surface area contributed by atoms with E-state index in [9.17, 15) is 9.59 Å². The molecule has 1 aliphatic rings. The van der Waals surface area contributed by atoms with Crippen LogP contribution in [0.3, 0.4) is 0 Å². The van der Waals surface area contributed by atoms with Crippen molar-refractivity contribution in [3.05, 3.63) is 35.9 Å². The van der Waals surface area contributed by atoms with Gasteiger partial charge in [-0.2, -0.15) is 0 Å². The van der Waals surface area contributed by atoms with E-state index in [1.165, 1.54) is 12.0 Å². The van der Waals surface area contributed by atoms with Crippen LogP contribution < -0.4 is 0 Å². The van der Waals surface area contributed by atoms with Gasteiger partial charge in [0, 0.05) is 39.5 Å². The number of carbonyl (C=O) groups is 2. The van der Waals surface area contributed by atoms with Crippen molar-refractivity contribution < 1.29 is 9.59 Å². The third-order valence-electron chi connectivity index (χ3n) is 4.56. The maximum absolute atomic E-state index is 12.3. The molecule has 1 unspecified atom stereocenters. The minimum Gasteiger partial charge on any atom is -0.342 e. The predicted molar refractivity (Wildman–Crippen MR) is 92.0 cm³/mol. The Kier molecular flexibility index (Phi) is 6.63. The Labute approximate surface area is 139 Å². The summed E-state index contributed by atoms with van der Waals surface area (Å²) in [5, 5.41) is 0. The van der Waals surface area contributed by atoms with Crippen LogP contribution in [0.5, 0.6) is 0 Å². The van der Waals surface area contributed by atoms with Gasteiger partial charge in [-0.05, 0) is 30.7 Å². The molecule has 1 atom stereocenters. The third kappa shape index (κ3) is 5.70. The van der Waals surface area contributed by atoms with Gasteiger partial charge in [-0.25, -0.2) is 0 Å². The van der Waals surface area contributed by atoms with Crippen molar-refractivity contribution in [3.63, 3.8) is 0 Å². The molecule has 0 radical (unpaired) electrons. The molecule has 1 fully saturated rings. The zero-order chi connectivity index (χ0) is 16.7. The fourth-order valence-electron chi connectivity index (χ4n) is 3.14. The highest BCUT2D eigenvalue weighted by Gasteiger charge is 2.21. The number of hydrogen-bond donors (Lipinski definition) is 0. The van der Waals surface area contributed by atoms with Gasteiger partial charge in [0.2, 0.25) is 11.8 Å². The normalized spacial score (nSPS) is 17.8. The highest BCUT2D eigenvalue weighted by atomic mass is 16.2. The van der Waals surface area contributed by atoms with Crippen LogP contribution in [-0.2, 0) is 16.0 Å². The lowest BCUT2D eigenvalue weighted by atomic mass is 10.00. The van der Waals surface area contributed by atoms with E-state index in [4.69, 9.17) is 0 Å². The van der Waals surface area contributed by atoms with Crippen molar-refractivity contribution in [3.8, 4) is 0 Å². The van der Waals surface area contributed by atoms with Gasteiger partial charge in [-0.3, -0.25) is 9.59 Å². The minimum absolute atomic E-state index is 0.0424. The smallest absolute Gasteiger partial charge is 0.224 e. The summed E-state index contributed by atoms with van der Waals surface area (Å²) >= 11 is 0. The second kappa shape index (κ2) is 8.70. The average molecular weight is 316 g/mol. The van der Waals surface area contributed by atoms with Crippen LogP contribution in [0, 0.1) is 5.92 Å². The Bertz CT molecular complexity index is 515. The molecule has 1 aliphatic heterocycles. The van der Waals surface area contributed by atoms with Gasteiger partial charge < -0.3 is 9.80 Å². The fourth-order valence-corrected chi connectivity index (χ4v) is 3.14. The predicted octanol–water partition coefficient (Wildman–Crippen LogP) is 2.73. The van der Waals surface area contributed by atoms with Crippen LogP contribution in [-0.4, -0.2) is 47.8 Å². The van der Waals surface area contributed by atoms with Gasteiger partial charge in [0.15, 0.2) is 0 Å². The first-order valence-electron chi connectivity index (χ1n) is 8.63. The highest BCUT2D eigenvalue weighted by Crippen LogP contribution is 2.16. The number of hydrogen-bond acceptors (Lipinski definition) is 2. The van der Waals surface area contributed by atoms with E-state index in [1.54, 1.807) is 11.8 Å². The first kappa shape index (κ1) is 17.5. The molecule has 0 N–H and O–H groups in total. The Morgan fingerprint density at radius 2 is 1.96 bits per heavy atom. The lowest BCUT2D eigenvalue weighted by molar-refractivity contribution is -0.134. The van der Waals surface area contributed by atoms with E-state index in [1.807, 2.05) is 23.1 Å². The lowest BCUT2D eigenvalue weighted by Gasteiger charge is -2.31. The van der Waals surface area contributed by atoms with Gasteiger partial charge in [-0.1, -0.05) is 37.3 Å². The van der Waals surface area contributed by atoms with E-state index in [-0.39, 0.29) is 11.8 Å². The molecule has 2 rings (SSSR count). The van der Waals surface area contributed by atoms with E-state index < -0.39 is 0 Å². The monoisotopic (exact) mass is 316 g/mol. The molecule has 1 heterocycles. The number of amides is 2. The Hall–Kier alpha value is -1.84. The van der Waals surface area contributed by atoms with Gasteiger partial charge in [0.25, 0.3) is 0 Å². The van der Waals surface area contributed by atoms with Gasteiger partial charge >= 0.3 is 0 Å². The summed E-state index contributed by atoms with van der Waals surface area (Å²) in [6.07, 6.45) is 3.56. The number of rotatable bonds is 6. The molecule has 0 spiro atoms. The van der Waals surface area contributed by atoms with Crippen molar-refractivity contribution in [2.24, 2.45) is 5.92 Å². The maximum atomic E-state index is 12.3. The Morgan fingerprint density at radius 1 is 1.22 bits per heavy atom. The topological polar surface area (TPSA) is 40.6 Å². The molecule has 2 amide bonds. The van der Waals surface area contributed by atoms with Crippen LogP contribution in [0.4, 0.5) is 0 Å². The molecular formula is C19H28N2O2. The molecule has 0 aliphatic carbocycles. The molecule has 4 nitrogen and oxygen atoms in total. The van der Waals surface area contributed by atoms with Crippen molar-refractivity contribution >= 4 is 11.8 Å². The number of likely N-dealkylation sites (tertiary alicyclic amines) is 1. The zero-order valence-corrected chi connectivity index (χ0v) is 14.3. The maximum Gasteiger partial charge on any atom is 0.224 e. The molecule has 23 heavy (non-hydrogen) atoms. The molecule has 1 aromatic rings. The van der Waals surface area contributed by atoms with Crippen LogP contribution in [0.2, 0.25) is 0 Å². The summed E-state index contributed by atoms with van der Waals surface area (Å²) in [7, 11) is 0. The quantitative estimate of drug-likeness (QED) is 0.809. The van der Waals surface area contributed by atoms with Crippen LogP contribution in [0.25, 0.3) is 0 Å². The van der Waals surface area contributed by atoms with Crippen LogP contribution >= 0.6 is 0 Å². The van der Waals surface area contributed by atoms with Crippen LogP contribution in [0.1, 0.15) is 38.7 Å². The highest BCUT2D eigenvalue weighted by molar-refractivity contribution is 5.78. The third-order valence-corrected chi connectivity index (χ3v) is 4.56. The molecule has 0 bridgehead atoms. The van der Waals surface area contributed by atoms with E-state index in [2.05, 4.69) is 19.1 Å². The summed E-state index contributed by atoms with van der Waals surface area (Å²) in [6, 6.07) is 10.1. The molecule has 4 heteroatoms. The van der Waals surface area contributed by atoms with Crippen molar-refractivity contribution in [1.29, 1.82) is 0 Å². The zero-order valence-electron chi connectivity index (χ0n) is 14.3. The van der Waals surface area contributed by atoms with Crippen molar-refractivity contribution in [2.45, 2.75) is 39.5 Å². The minimum atomic E-state index is 0.0424. The number of nitrogens with zero attached hydrogens (tertiary/aromatic N) is 2. The van der Waals surface area contributed by atoms with E-state index >= 15 is 0 Å². The molecule has 1 aromatic carbocycles. The molecule has 0 saturated carbocycles. The molecule has 0 aromatic heterocycles. The first-order valence-corrected chi connectivity index (χ1v) is 8.63. The fraction of sp³-hybridized carbons (Fsp3) is 0.579. The number of piperidine rings is 1. The average Bonchev–Trinajstić information content (AvgIpc) is 2.55. The summed E-state index contributed by atoms with van der Waals surface area (Å²) < 4.78 is 0. The second-order valence-electron chi connectivity index (χ2n) is 6.58. The summed E-state index contributed by atoms with van der Waals surface area (Å²) in [6.45, 7) is 6.70. The van der Waals surface area contributed by atoms with E-state index in [0.29, 0.717) is 25.4 Å². The first-order chi connectivity index (χ1) is 11.1. The summed E-state index contributed by atoms with van der Waals surface area (Å²) in [4.78, 5) is 27.9. The summed E-state index contributed by atoms with van der Waals surface area (Å²) in [5.74, 6) is 0.818. The van der Waals surface area contributed by atoms with Crippen molar-refractivity contribution in [1.82, 2.24) is 9.80 Å². The molecule has 126 valence electrons. The largest absolute Gasteiger partial charge is 0.342 e.